The Morgan fingerprint density at radius 2 is 1.60 bits per heavy atom. The molecule has 1 heterocycles. The lowest BCUT2D eigenvalue weighted by molar-refractivity contribution is 0.0963. The van der Waals surface area contributed by atoms with Crippen molar-refractivity contribution in [1.29, 1.82) is 5.41 Å². The van der Waals surface area contributed by atoms with E-state index < -0.39 is 0 Å². The molecule has 1 atom stereocenters. The molecule has 0 amide bonds. The first-order chi connectivity index (χ1) is 15.8. The predicted molar refractivity (Wildman–Crippen MR) is 152 cm³/mol. The van der Waals surface area contributed by atoms with Crippen LogP contribution in [0.4, 0.5) is 0 Å². The first-order valence-electron chi connectivity index (χ1n) is 12.3. The molecule has 5 heteroatoms. The molecule has 0 radical (unpaired) electrons. The lowest BCUT2D eigenvalue weighted by Gasteiger charge is -2.28. The Morgan fingerprint density at radius 3 is 2.09 bits per heavy atom. The van der Waals surface area contributed by atoms with Crippen molar-refractivity contribution >= 4 is 34.7 Å². The van der Waals surface area contributed by atoms with Crippen molar-refractivity contribution in [3.63, 3.8) is 0 Å². The van der Waals surface area contributed by atoms with Gasteiger partial charge in [0.15, 0.2) is 5.78 Å². The number of phenols is 1. The highest BCUT2D eigenvalue weighted by atomic mass is 79.9. The quantitative estimate of drug-likeness (QED) is 0.372. The van der Waals surface area contributed by atoms with Gasteiger partial charge in [0.1, 0.15) is 11.6 Å². The van der Waals surface area contributed by atoms with Gasteiger partial charge in [-0.15, -0.1) is 17.0 Å². The van der Waals surface area contributed by atoms with Gasteiger partial charge in [-0.05, 0) is 46.6 Å². The van der Waals surface area contributed by atoms with E-state index in [4.69, 9.17) is 5.41 Å². The topological polar surface area (TPSA) is 64.4 Å². The third-order valence-corrected chi connectivity index (χ3v) is 6.61. The number of halogens is 1. The minimum Gasteiger partial charge on any atom is -0.507 e. The molecule has 1 unspecified atom stereocenters. The van der Waals surface area contributed by atoms with E-state index in [2.05, 4.69) is 66.7 Å². The van der Waals surface area contributed by atoms with E-state index in [0.29, 0.717) is 17.9 Å². The number of likely N-dealkylation sites (tertiary alicyclic amines) is 1. The predicted octanol–water partition coefficient (Wildman–Crippen LogP) is 7.54. The first kappa shape index (κ1) is 28.8. The van der Waals surface area contributed by atoms with Crippen LogP contribution in [-0.2, 0) is 10.8 Å². The summed E-state index contributed by atoms with van der Waals surface area (Å²) in [7, 11) is 0. The lowest BCUT2D eigenvalue weighted by atomic mass is 9.78. The number of phenolic OH excluding ortho intramolecular Hbond substituents is 1. The van der Waals surface area contributed by atoms with Gasteiger partial charge >= 0.3 is 0 Å². The molecule has 0 bridgehead atoms. The van der Waals surface area contributed by atoms with Gasteiger partial charge < -0.3 is 10.0 Å². The van der Waals surface area contributed by atoms with Crippen LogP contribution in [0.15, 0.2) is 48.0 Å². The van der Waals surface area contributed by atoms with Gasteiger partial charge in [-0.3, -0.25) is 10.2 Å². The van der Waals surface area contributed by atoms with Crippen LogP contribution < -0.4 is 0 Å². The molecule has 0 spiro atoms. The fourth-order valence-electron chi connectivity index (χ4n) is 4.69. The molecule has 35 heavy (non-hydrogen) atoms. The van der Waals surface area contributed by atoms with Crippen LogP contribution in [-0.4, -0.2) is 34.7 Å². The number of amidine groups is 1. The molecule has 1 saturated heterocycles. The largest absolute Gasteiger partial charge is 0.507 e. The normalized spacial score (nSPS) is 17.6. The van der Waals surface area contributed by atoms with E-state index in [9.17, 15) is 9.90 Å². The highest BCUT2D eigenvalue weighted by Gasteiger charge is 2.34. The number of hydrogen-bond donors (Lipinski definition) is 2. The Labute approximate surface area is 221 Å². The number of ketones is 1. The van der Waals surface area contributed by atoms with Gasteiger partial charge in [-0.25, -0.2) is 0 Å². The summed E-state index contributed by atoms with van der Waals surface area (Å²) in [5.41, 5.74) is 3.68. The van der Waals surface area contributed by atoms with Crippen molar-refractivity contribution in [2.75, 3.05) is 13.1 Å². The van der Waals surface area contributed by atoms with Gasteiger partial charge in [0.25, 0.3) is 0 Å². The van der Waals surface area contributed by atoms with Crippen LogP contribution in [0, 0.1) is 11.3 Å². The minimum atomic E-state index is -0.293. The second-order valence-electron chi connectivity index (χ2n) is 11.6. The van der Waals surface area contributed by atoms with E-state index in [1.165, 1.54) is 0 Å². The molecular weight excluding hydrogens is 500 g/mol. The van der Waals surface area contributed by atoms with Crippen LogP contribution in [0.2, 0.25) is 0 Å². The Kier molecular flexibility index (Phi) is 9.16. The average molecular weight is 542 g/mol. The summed E-state index contributed by atoms with van der Waals surface area (Å²) in [6, 6.07) is 13.8. The Hall–Kier alpha value is -2.40. The van der Waals surface area contributed by atoms with E-state index in [0.717, 1.165) is 35.1 Å². The zero-order valence-electron chi connectivity index (χ0n) is 22.2. The molecule has 0 aromatic heterocycles. The monoisotopic (exact) mass is 540 g/mol. The summed E-state index contributed by atoms with van der Waals surface area (Å²) in [4.78, 5) is 15.4. The van der Waals surface area contributed by atoms with Crippen molar-refractivity contribution in [3.8, 4) is 5.75 Å². The van der Waals surface area contributed by atoms with E-state index in [1.807, 2.05) is 35.2 Å². The summed E-state index contributed by atoms with van der Waals surface area (Å²) in [5, 5.41) is 19.9. The van der Waals surface area contributed by atoms with Crippen LogP contribution in [0.1, 0.15) is 88.4 Å². The number of rotatable bonds is 6. The Bertz CT molecular complexity index is 1060. The van der Waals surface area contributed by atoms with Gasteiger partial charge in [0.2, 0.25) is 0 Å². The molecule has 0 saturated carbocycles. The third-order valence-electron chi connectivity index (χ3n) is 6.61. The van der Waals surface area contributed by atoms with Gasteiger partial charge in [0.05, 0.1) is 6.54 Å². The van der Waals surface area contributed by atoms with Crippen LogP contribution >= 0.6 is 17.0 Å². The molecule has 190 valence electrons. The minimum absolute atomic E-state index is 0. The van der Waals surface area contributed by atoms with E-state index in [-0.39, 0.29) is 51.8 Å². The van der Waals surface area contributed by atoms with E-state index >= 15 is 0 Å². The smallest absolute Gasteiger partial charge is 0.182 e. The number of benzene rings is 2. The van der Waals surface area contributed by atoms with Crippen molar-refractivity contribution in [2.24, 2.45) is 5.92 Å². The van der Waals surface area contributed by atoms with Gasteiger partial charge in [-0.2, -0.15) is 0 Å². The summed E-state index contributed by atoms with van der Waals surface area (Å²) in [6.07, 6.45) is 4.13. The second-order valence-corrected chi connectivity index (χ2v) is 11.6. The second kappa shape index (κ2) is 11.1. The molecule has 3 rings (SSSR count). The molecule has 1 fully saturated rings. The molecule has 2 aromatic rings. The number of hydrogen-bond acceptors (Lipinski definition) is 3. The van der Waals surface area contributed by atoms with Crippen LogP contribution in [0.3, 0.4) is 0 Å². The van der Waals surface area contributed by atoms with E-state index in [1.54, 1.807) is 0 Å². The van der Waals surface area contributed by atoms with Crippen LogP contribution in [0.25, 0.3) is 6.08 Å². The fourth-order valence-corrected chi connectivity index (χ4v) is 4.69. The molecule has 1 aliphatic heterocycles. The number of aromatic hydroxyl groups is 1. The summed E-state index contributed by atoms with van der Waals surface area (Å²) in [5.74, 6) is 0.959. The SMILES string of the molecule is Br.CCCC1CN(CC(=O)c2cc(C(C)(C)C)c(O)c(C(C)(C)C)c2)C(=N)/C1=C\c1ccccc1. The number of nitrogens with one attached hydrogen (secondary N) is 1. The van der Waals surface area contributed by atoms with Gasteiger partial charge in [-0.1, -0.05) is 85.2 Å². The maximum atomic E-state index is 13.5. The van der Waals surface area contributed by atoms with Crippen LogP contribution in [0.5, 0.6) is 5.75 Å². The van der Waals surface area contributed by atoms with Crippen molar-refractivity contribution in [1.82, 2.24) is 4.90 Å². The van der Waals surface area contributed by atoms with Gasteiger partial charge in [0, 0.05) is 29.2 Å². The number of carbonyl (C=O) groups is 1. The first-order valence-corrected chi connectivity index (χ1v) is 12.3. The maximum Gasteiger partial charge on any atom is 0.182 e. The number of carbonyl (C=O) groups excluding carboxylic acids is 1. The maximum absolute atomic E-state index is 13.5. The summed E-state index contributed by atoms with van der Waals surface area (Å²) >= 11 is 0. The zero-order chi connectivity index (χ0) is 25.3. The highest BCUT2D eigenvalue weighted by Crippen LogP contribution is 2.40. The molecular formula is C30H41BrN2O2. The molecule has 2 N–H and O–H groups in total. The number of nitrogens with zero attached hydrogens (tertiary/aromatic N) is 1. The summed E-state index contributed by atoms with van der Waals surface area (Å²) < 4.78 is 0. The molecule has 2 aromatic carbocycles. The molecule has 1 aliphatic rings. The Balaban J connectivity index is 0.00000432. The Morgan fingerprint density at radius 1 is 1.06 bits per heavy atom. The number of Topliss-reactive ketones (excluding diaryl/α,β-unsaturated/α-hetero) is 1. The van der Waals surface area contributed by atoms with Crippen molar-refractivity contribution < 1.29 is 9.90 Å². The average Bonchev–Trinajstić information content (AvgIpc) is 3.02. The summed E-state index contributed by atoms with van der Waals surface area (Å²) in [6.45, 7) is 15.3. The van der Waals surface area contributed by atoms with Crippen molar-refractivity contribution in [3.05, 3.63) is 70.3 Å². The third kappa shape index (κ3) is 6.63. The lowest BCUT2D eigenvalue weighted by Crippen LogP contribution is -2.31. The highest BCUT2D eigenvalue weighted by molar-refractivity contribution is 8.93. The fraction of sp³-hybridized carbons (Fsp3) is 0.467. The zero-order valence-corrected chi connectivity index (χ0v) is 23.9. The van der Waals surface area contributed by atoms with Crippen molar-refractivity contribution in [2.45, 2.75) is 72.1 Å². The molecule has 0 aliphatic carbocycles. The standard InChI is InChI=1S/C30H40N2O2.BrH/c1-8-12-21-18-32(28(31)23(21)15-20-13-10-9-11-14-20)19-26(33)22-16-24(29(2,3)4)27(34)25(17-22)30(5,6)7;/h9-11,13-17,21,31,34H,8,12,18-19H2,1-7H3;1H/b23-15-,31-28?;. The molecule has 4 nitrogen and oxygen atoms in total.